The van der Waals surface area contributed by atoms with Crippen molar-refractivity contribution in [2.75, 3.05) is 46.4 Å². The van der Waals surface area contributed by atoms with E-state index in [9.17, 15) is 5.11 Å². The summed E-state index contributed by atoms with van der Waals surface area (Å²) < 4.78 is 11.9. The molecule has 2 aromatic carbocycles. The number of nitrogens with zero attached hydrogens (tertiary/aromatic N) is 2. The van der Waals surface area contributed by atoms with Gasteiger partial charge in [0.1, 0.15) is 24.2 Å². The molecule has 6 heteroatoms. The van der Waals surface area contributed by atoms with Gasteiger partial charge in [-0.2, -0.15) is 0 Å². The smallest absolute Gasteiger partial charge is 0.119 e. The normalized spacial score (nSPS) is 17.1. The minimum atomic E-state index is -0.489. The Bertz CT molecular complexity index is 709. The Balaban J connectivity index is 1.40. The second kappa shape index (κ2) is 10.8. The van der Waals surface area contributed by atoms with Gasteiger partial charge < -0.3 is 14.6 Å². The third kappa shape index (κ3) is 6.78. The summed E-state index contributed by atoms with van der Waals surface area (Å²) in [5, 5.41) is 10.4. The zero-order valence-electron chi connectivity index (χ0n) is 16.4. The summed E-state index contributed by atoms with van der Waals surface area (Å²) >= 11 is 3.41. The van der Waals surface area contributed by atoms with E-state index in [1.165, 1.54) is 5.56 Å². The Morgan fingerprint density at radius 3 is 2.29 bits per heavy atom. The second-order valence-electron chi connectivity index (χ2n) is 7.20. The Morgan fingerprint density at radius 2 is 1.57 bits per heavy atom. The monoisotopic (exact) mass is 448 g/mol. The average molecular weight is 449 g/mol. The highest BCUT2D eigenvalue weighted by Crippen LogP contribution is 2.17. The molecule has 2 aromatic rings. The fourth-order valence-corrected chi connectivity index (χ4v) is 3.69. The molecule has 0 bridgehead atoms. The molecule has 0 spiro atoms. The van der Waals surface area contributed by atoms with Crippen molar-refractivity contribution in [2.45, 2.75) is 19.1 Å². The molecule has 1 atom stereocenters. The van der Waals surface area contributed by atoms with Crippen LogP contribution in [0.5, 0.6) is 11.5 Å². The number of aliphatic hydroxyl groups excluding tert-OH is 1. The van der Waals surface area contributed by atoms with Crippen molar-refractivity contribution in [2.24, 2.45) is 0 Å². The fraction of sp³-hybridized carbons (Fsp3) is 0.455. The molecule has 28 heavy (non-hydrogen) atoms. The molecular formula is C22H29BrN2O3. The molecular weight excluding hydrogens is 420 g/mol. The molecule has 0 amide bonds. The zero-order chi connectivity index (χ0) is 19.8. The second-order valence-corrected chi connectivity index (χ2v) is 8.11. The highest BCUT2D eigenvalue weighted by atomic mass is 79.9. The molecule has 1 aliphatic heterocycles. The number of halogens is 1. The summed E-state index contributed by atoms with van der Waals surface area (Å²) in [6, 6.07) is 16.0. The third-order valence-corrected chi connectivity index (χ3v) is 5.50. The number of ether oxygens (including phenoxy) is 2. The lowest BCUT2D eigenvalue weighted by Crippen LogP contribution is -2.38. The summed E-state index contributed by atoms with van der Waals surface area (Å²) in [6.45, 7) is 5.97. The lowest BCUT2D eigenvalue weighted by atomic mass is 10.2. The van der Waals surface area contributed by atoms with E-state index < -0.39 is 6.10 Å². The molecule has 0 radical (unpaired) electrons. The van der Waals surface area contributed by atoms with Gasteiger partial charge in [-0.15, -0.1) is 0 Å². The third-order valence-electron chi connectivity index (χ3n) is 4.97. The number of hydrogen-bond donors (Lipinski definition) is 1. The number of benzene rings is 2. The van der Waals surface area contributed by atoms with Crippen LogP contribution >= 0.6 is 15.9 Å². The summed E-state index contributed by atoms with van der Waals surface area (Å²) in [4.78, 5) is 4.82. The molecule has 1 heterocycles. The first-order valence-corrected chi connectivity index (χ1v) is 10.6. The maximum absolute atomic E-state index is 10.4. The van der Waals surface area contributed by atoms with Crippen LogP contribution < -0.4 is 9.47 Å². The summed E-state index contributed by atoms with van der Waals surface area (Å²) in [7, 11) is 1.69. The summed E-state index contributed by atoms with van der Waals surface area (Å²) in [6.07, 6.45) is 0.618. The van der Waals surface area contributed by atoms with Crippen molar-refractivity contribution in [3.63, 3.8) is 0 Å². The quantitative estimate of drug-likeness (QED) is 0.670. The van der Waals surface area contributed by atoms with Crippen molar-refractivity contribution in [3.05, 3.63) is 58.6 Å². The van der Waals surface area contributed by atoms with E-state index in [0.29, 0.717) is 13.2 Å². The number of rotatable bonds is 8. The Labute approximate surface area is 176 Å². The Morgan fingerprint density at radius 1 is 0.929 bits per heavy atom. The standard InChI is InChI=1S/C22H29BrN2O3/c1-27-21-7-3-18(4-8-21)15-24-11-2-12-25(14-13-24)16-20(26)17-28-22-9-5-19(23)6-10-22/h3-10,20,26H,2,11-17H2,1H3. The maximum Gasteiger partial charge on any atom is 0.119 e. The van der Waals surface area contributed by atoms with E-state index in [4.69, 9.17) is 9.47 Å². The first-order chi connectivity index (χ1) is 13.6. The largest absolute Gasteiger partial charge is 0.497 e. The van der Waals surface area contributed by atoms with Gasteiger partial charge in [-0.1, -0.05) is 28.1 Å². The minimum Gasteiger partial charge on any atom is -0.497 e. The number of hydrogen-bond acceptors (Lipinski definition) is 5. The van der Waals surface area contributed by atoms with E-state index >= 15 is 0 Å². The molecule has 1 unspecified atom stereocenters. The van der Waals surface area contributed by atoms with E-state index in [-0.39, 0.29) is 0 Å². The van der Waals surface area contributed by atoms with Gasteiger partial charge in [-0.3, -0.25) is 9.80 Å². The predicted molar refractivity (Wildman–Crippen MR) is 115 cm³/mol. The van der Waals surface area contributed by atoms with Gasteiger partial charge >= 0.3 is 0 Å². The highest BCUT2D eigenvalue weighted by molar-refractivity contribution is 9.10. The van der Waals surface area contributed by atoms with Gasteiger partial charge in [-0.05, 0) is 61.5 Å². The summed E-state index contributed by atoms with van der Waals surface area (Å²) in [5.41, 5.74) is 1.30. The Hall–Kier alpha value is -1.60. The molecule has 1 N–H and O–H groups in total. The van der Waals surface area contributed by atoms with Gasteiger partial charge in [-0.25, -0.2) is 0 Å². The predicted octanol–water partition coefficient (Wildman–Crippen LogP) is 3.41. The summed E-state index contributed by atoms with van der Waals surface area (Å²) in [5.74, 6) is 1.67. The topological polar surface area (TPSA) is 45.2 Å². The van der Waals surface area contributed by atoms with Crippen molar-refractivity contribution in [3.8, 4) is 11.5 Å². The van der Waals surface area contributed by atoms with Crippen LogP contribution in [0.25, 0.3) is 0 Å². The first-order valence-electron chi connectivity index (χ1n) is 9.76. The Kier molecular flexibility index (Phi) is 8.15. The van der Waals surface area contributed by atoms with Crippen LogP contribution in [0.15, 0.2) is 53.0 Å². The number of methoxy groups -OCH3 is 1. The molecule has 0 aliphatic carbocycles. The molecule has 152 valence electrons. The van der Waals surface area contributed by atoms with Crippen LogP contribution in [0.3, 0.4) is 0 Å². The van der Waals surface area contributed by atoms with Gasteiger partial charge in [0.2, 0.25) is 0 Å². The average Bonchev–Trinajstić information content (AvgIpc) is 2.93. The maximum atomic E-state index is 10.4. The highest BCUT2D eigenvalue weighted by Gasteiger charge is 2.18. The zero-order valence-corrected chi connectivity index (χ0v) is 18.0. The fourth-order valence-electron chi connectivity index (χ4n) is 3.43. The minimum absolute atomic E-state index is 0.313. The van der Waals surface area contributed by atoms with E-state index in [0.717, 1.165) is 55.1 Å². The molecule has 5 nitrogen and oxygen atoms in total. The lowest BCUT2D eigenvalue weighted by molar-refractivity contribution is 0.0693. The molecule has 1 saturated heterocycles. The number of β-amino-alcohol motifs (C(OH)–C–C–N with tert-alkyl or cyclic N) is 1. The SMILES string of the molecule is COc1ccc(CN2CCCN(CC(O)COc3ccc(Br)cc3)CC2)cc1. The van der Waals surface area contributed by atoms with Gasteiger partial charge in [0.15, 0.2) is 0 Å². The van der Waals surface area contributed by atoms with Crippen molar-refractivity contribution < 1.29 is 14.6 Å². The number of aliphatic hydroxyl groups is 1. The van der Waals surface area contributed by atoms with Crippen LogP contribution in [-0.2, 0) is 6.54 Å². The molecule has 0 saturated carbocycles. The van der Waals surface area contributed by atoms with Gasteiger partial charge in [0, 0.05) is 30.7 Å². The van der Waals surface area contributed by atoms with E-state index in [2.05, 4.69) is 37.9 Å². The van der Waals surface area contributed by atoms with Gasteiger partial charge in [0.05, 0.1) is 7.11 Å². The lowest BCUT2D eigenvalue weighted by Gasteiger charge is -2.24. The molecule has 0 aromatic heterocycles. The first kappa shape index (κ1) is 21.1. The van der Waals surface area contributed by atoms with Crippen LogP contribution in [0.1, 0.15) is 12.0 Å². The van der Waals surface area contributed by atoms with E-state index in [1.54, 1.807) is 7.11 Å². The van der Waals surface area contributed by atoms with Crippen LogP contribution in [-0.4, -0.2) is 67.5 Å². The van der Waals surface area contributed by atoms with Crippen LogP contribution in [0.2, 0.25) is 0 Å². The molecule has 1 aliphatic rings. The van der Waals surface area contributed by atoms with Crippen LogP contribution in [0.4, 0.5) is 0 Å². The van der Waals surface area contributed by atoms with Crippen molar-refractivity contribution >= 4 is 15.9 Å². The van der Waals surface area contributed by atoms with E-state index in [1.807, 2.05) is 36.4 Å². The molecule has 3 rings (SSSR count). The van der Waals surface area contributed by atoms with Crippen molar-refractivity contribution in [1.29, 1.82) is 0 Å². The van der Waals surface area contributed by atoms with Gasteiger partial charge in [0.25, 0.3) is 0 Å². The molecule has 1 fully saturated rings. The van der Waals surface area contributed by atoms with Crippen molar-refractivity contribution in [1.82, 2.24) is 9.80 Å². The van der Waals surface area contributed by atoms with Crippen LogP contribution in [0, 0.1) is 0 Å².